The van der Waals surface area contributed by atoms with Gasteiger partial charge in [-0.2, -0.15) is 11.8 Å². The van der Waals surface area contributed by atoms with Gasteiger partial charge in [-0.25, -0.2) is 4.79 Å². The number of hydrogen-bond acceptors (Lipinski definition) is 7. The van der Waals surface area contributed by atoms with Gasteiger partial charge in [-0.3, -0.25) is 19.2 Å². The molecule has 4 unspecified atom stereocenters. The fourth-order valence-corrected chi connectivity index (χ4v) is 2.82. The summed E-state index contributed by atoms with van der Waals surface area (Å²) in [5.41, 5.74) is 5.18. The van der Waals surface area contributed by atoms with Crippen molar-refractivity contribution in [3.05, 3.63) is 0 Å². The Labute approximate surface area is 173 Å². The van der Waals surface area contributed by atoms with Gasteiger partial charge in [-0.05, 0) is 24.3 Å². The molecule has 0 aliphatic heterocycles. The van der Waals surface area contributed by atoms with E-state index in [1.54, 1.807) is 20.1 Å². The van der Waals surface area contributed by atoms with Crippen molar-refractivity contribution < 1.29 is 34.2 Å². The molecule has 4 atom stereocenters. The molecule has 0 bridgehead atoms. The van der Waals surface area contributed by atoms with E-state index in [1.165, 1.54) is 11.8 Å². The third-order valence-electron chi connectivity index (χ3n) is 4.23. The quantitative estimate of drug-likeness (QED) is 0.194. The highest BCUT2D eigenvalue weighted by Gasteiger charge is 2.32. The van der Waals surface area contributed by atoms with Crippen LogP contribution in [0.15, 0.2) is 0 Å². The molecule has 166 valence electrons. The van der Waals surface area contributed by atoms with Crippen LogP contribution in [0.5, 0.6) is 0 Å². The van der Waals surface area contributed by atoms with Gasteiger partial charge < -0.3 is 31.9 Å². The van der Waals surface area contributed by atoms with Gasteiger partial charge in [0, 0.05) is 0 Å². The highest BCUT2D eigenvalue weighted by molar-refractivity contribution is 7.98. The number of carbonyl (C=O) groups is 5. The van der Waals surface area contributed by atoms with Crippen molar-refractivity contribution in [1.29, 1.82) is 0 Å². The van der Waals surface area contributed by atoms with Crippen LogP contribution in [-0.2, 0) is 24.0 Å². The van der Waals surface area contributed by atoms with Crippen LogP contribution in [0.3, 0.4) is 0 Å². The largest absolute Gasteiger partial charge is 0.481 e. The van der Waals surface area contributed by atoms with E-state index in [-0.39, 0.29) is 12.3 Å². The molecule has 29 heavy (non-hydrogen) atoms. The lowest BCUT2D eigenvalue weighted by Crippen LogP contribution is -2.58. The Morgan fingerprint density at radius 1 is 1.00 bits per heavy atom. The van der Waals surface area contributed by atoms with Gasteiger partial charge in [0.05, 0.1) is 13.0 Å². The molecule has 3 amide bonds. The van der Waals surface area contributed by atoms with E-state index in [4.69, 9.17) is 10.8 Å². The van der Waals surface area contributed by atoms with Gasteiger partial charge in [0.2, 0.25) is 17.7 Å². The smallest absolute Gasteiger partial charge is 0.326 e. The van der Waals surface area contributed by atoms with Gasteiger partial charge in [-0.1, -0.05) is 20.3 Å². The van der Waals surface area contributed by atoms with Crippen LogP contribution in [0, 0.1) is 5.92 Å². The first-order valence-corrected chi connectivity index (χ1v) is 10.5. The second-order valence-electron chi connectivity index (χ2n) is 6.47. The van der Waals surface area contributed by atoms with Gasteiger partial charge in [0.15, 0.2) is 0 Å². The molecule has 7 N–H and O–H groups in total. The number of carboxylic acids is 2. The number of carbonyl (C=O) groups excluding carboxylic acids is 3. The average Bonchev–Trinajstić information content (AvgIpc) is 2.66. The maximum atomic E-state index is 12.7. The third-order valence-corrected chi connectivity index (χ3v) is 4.88. The molecule has 0 saturated carbocycles. The van der Waals surface area contributed by atoms with E-state index < -0.39 is 60.8 Å². The number of nitrogens with one attached hydrogen (secondary N) is 3. The topological polar surface area (TPSA) is 188 Å². The molecule has 0 aliphatic carbocycles. The number of thioether (sulfide) groups is 1. The van der Waals surface area contributed by atoms with Gasteiger partial charge in [-0.15, -0.1) is 0 Å². The summed E-state index contributed by atoms with van der Waals surface area (Å²) in [6.07, 6.45) is 1.80. The second-order valence-corrected chi connectivity index (χ2v) is 7.46. The van der Waals surface area contributed by atoms with Crippen molar-refractivity contribution >= 4 is 41.4 Å². The molecule has 0 aromatic rings. The lowest BCUT2D eigenvalue weighted by atomic mass is 9.97. The fraction of sp³-hybridized carbons (Fsp3) is 0.706. The maximum Gasteiger partial charge on any atom is 0.326 e. The zero-order chi connectivity index (χ0) is 22.6. The molecule has 0 heterocycles. The predicted octanol–water partition coefficient (Wildman–Crippen LogP) is -1.24. The molecule has 0 spiro atoms. The Morgan fingerprint density at radius 3 is 2.07 bits per heavy atom. The maximum absolute atomic E-state index is 12.7. The van der Waals surface area contributed by atoms with E-state index in [0.717, 1.165) is 0 Å². The first-order chi connectivity index (χ1) is 13.6. The Balaban J connectivity index is 5.39. The number of aliphatic carboxylic acids is 2. The summed E-state index contributed by atoms with van der Waals surface area (Å²) < 4.78 is 0. The van der Waals surface area contributed by atoms with Crippen LogP contribution in [-0.4, -0.2) is 76.6 Å². The third kappa shape index (κ3) is 10.1. The molecule has 0 saturated heterocycles. The summed E-state index contributed by atoms with van der Waals surface area (Å²) in [7, 11) is 0. The van der Waals surface area contributed by atoms with Crippen LogP contribution in [0.4, 0.5) is 0 Å². The molecular formula is C17H30N4O7S. The molecule has 12 heteroatoms. The van der Waals surface area contributed by atoms with E-state index in [9.17, 15) is 29.1 Å². The van der Waals surface area contributed by atoms with Crippen molar-refractivity contribution in [2.45, 2.75) is 51.2 Å². The van der Waals surface area contributed by atoms with Crippen molar-refractivity contribution in [2.24, 2.45) is 11.7 Å². The summed E-state index contributed by atoms with van der Waals surface area (Å²) in [5.74, 6) is -4.66. The predicted molar refractivity (Wildman–Crippen MR) is 107 cm³/mol. The molecule has 0 aromatic heterocycles. The second kappa shape index (κ2) is 13.8. The van der Waals surface area contributed by atoms with Gasteiger partial charge in [0.25, 0.3) is 0 Å². The average molecular weight is 435 g/mol. The highest BCUT2D eigenvalue weighted by Crippen LogP contribution is 2.10. The molecular weight excluding hydrogens is 404 g/mol. The molecule has 0 fully saturated rings. The SMILES string of the molecule is CCC(C)C(NC(=O)C(CC(=O)O)NC(=O)CN)C(=O)NC(CCSC)C(=O)O. The van der Waals surface area contributed by atoms with Crippen LogP contribution in [0.25, 0.3) is 0 Å². The monoisotopic (exact) mass is 434 g/mol. The normalized spacial score (nSPS) is 14.8. The Bertz CT molecular complexity index is 602. The van der Waals surface area contributed by atoms with E-state index in [1.807, 2.05) is 0 Å². The first kappa shape index (κ1) is 26.7. The molecule has 11 nitrogen and oxygen atoms in total. The minimum absolute atomic E-state index is 0.206. The number of carboxylic acid groups (broad SMARTS) is 2. The standard InChI is InChI=1S/C17H30N4O7S/c1-4-9(2)14(16(26)20-10(17(27)28)5-6-29-3)21-15(25)11(7-13(23)24)19-12(22)8-18/h9-11,14H,4-8,18H2,1-3H3,(H,19,22)(H,20,26)(H,21,25)(H,23,24)(H,27,28). The summed E-state index contributed by atoms with van der Waals surface area (Å²) in [6.45, 7) is 3.03. The van der Waals surface area contributed by atoms with E-state index in [2.05, 4.69) is 16.0 Å². The van der Waals surface area contributed by atoms with E-state index >= 15 is 0 Å². The number of nitrogens with two attached hydrogens (primary N) is 1. The number of amides is 3. The number of rotatable bonds is 14. The minimum Gasteiger partial charge on any atom is -0.481 e. The Hall–Kier alpha value is -2.34. The van der Waals surface area contributed by atoms with Crippen molar-refractivity contribution in [2.75, 3.05) is 18.6 Å². The van der Waals surface area contributed by atoms with Gasteiger partial charge in [0.1, 0.15) is 18.1 Å². The lowest BCUT2D eigenvalue weighted by molar-refractivity contribution is -0.143. The summed E-state index contributed by atoms with van der Waals surface area (Å²) in [4.78, 5) is 59.0. The van der Waals surface area contributed by atoms with Crippen LogP contribution < -0.4 is 21.7 Å². The first-order valence-electron chi connectivity index (χ1n) is 9.10. The molecule has 0 aliphatic rings. The van der Waals surface area contributed by atoms with Crippen LogP contribution >= 0.6 is 11.8 Å². The van der Waals surface area contributed by atoms with Gasteiger partial charge >= 0.3 is 11.9 Å². The van der Waals surface area contributed by atoms with Crippen LogP contribution in [0.1, 0.15) is 33.1 Å². The molecule has 0 radical (unpaired) electrons. The lowest BCUT2D eigenvalue weighted by Gasteiger charge is -2.27. The Kier molecular flexibility index (Phi) is 12.7. The van der Waals surface area contributed by atoms with Crippen molar-refractivity contribution in [1.82, 2.24) is 16.0 Å². The number of hydrogen-bond donors (Lipinski definition) is 6. The molecule has 0 aromatic carbocycles. The molecule has 0 rings (SSSR count). The van der Waals surface area contributed by atoms with E-state index in [0.29, 0.717) is 12.2 Å². The van der Waals surface area contributed by atoms with Crippen molar-refractivity contribution in [3.8, 4) is 0 Å². The summed E-state index contributed by atoms with van der Waals surface area (Å²) in [5, 5.41) is 25.3. The Morgan fingerprint density at radius 2 is 1.62 bits per heavy atom. The van der Waals surface area contributed by atoms with Crippen molar-refractivity contribution in [3.63, 3.8) is 0 Å². The minimum atomic E-state index is -1.42. The zero-order valence-electron chi connectivity index (χ0n) is 16.8. The summed E-state index contributed by atoms with van der Waals surface area (Å²) >= 11 is 1.43. The summed E-state index contributed by atoms with van der Waals surface area (Å²) in [6, 6.07) is -3.64. The zero-order valence-corrected chi connectivity index (χ0v) is 17.6. The highest BCUT2D eigenvalue weighted by atomic mass is 32.2. The fourth-order valence-electron chi connectivity index (χ4n) is 2.35. The van der Waals surface area contributed by atoms with Crippen LogP contribution in [0.2, 0.25) is 0 Å².